The van der Waals surface area contributed by atoms with E-state index in [0.717, 1.165) is 12.4 Å². The van der Waals surface area contributed by atoms with E-state index in [4.69, 9.17) is 5.11 Å². The van der Waals surface area contributed by atoms with Crippen molar-refractivity contribution in [1.82, 2.24) is 15.1 Å². The van der Waals surface area contributed by atoms with Crippen LogP contribution in [0.4, 0.5) is 23.7 Å². The van der Waals surface area contributed by atoms with Crippen molar-refractivity contribution in [2.24, 2.45) is 0 Å². The number of hydrogen-bond acceptors (Lipinski definition) is 3. The van der Waals surface area contributed by atoms with Gasteiger partial charge in [-0.25, -0.2) is 4.79 Å². The van der Waals surface area contributed by atoms with Gasteiger partial charge in [-0.05, 0) is 13.8 Å². The molecule has 19 heavy (non-hydrogen) atoms. The van der Waals surface area contributed by atoms with Crippen LogP contribution in [0.3, 0.4) is 0 Å². The number of aliphatic hydroxyl groups excluding tert-OH is 1. The van der Waals surface area contributed by atoms with Crippen LogP contribution in [0.5, 0.6) is 0 Å². The first-order valence-electron chi connectivity index (χ1n) is 5.40. The first-order valence-corrected chi connectivity index (χ1v) is 5.40. The maximum atomic E-state index is 12.1. The Hall–Kier alpha value is -1.77. The van der Waals surface area contributed by atoms with Crippen molar-refractivity contribution in [3.63, 3.8) is 0 Å². The molecule has 0 saturated heterocycles. The van der Waals surface area contributed by atoms with Crippen molar-refractivity contribution in [2.45, 2.75) is 32.1 Å². The lowest BCUT2D eigenvalue weighted by Crippen LogP contribution is -2.48. The molecule has 3 N–H and O–H groups in total. The molecular weight excluding hydrogens is 265 g/mol. The molecule has 0 aliphatic heterocycles. The number of carbonyl (C=O) groups excluding carboxylic acids is 1. The first kappa shape index (κ1) is 15.3. The van der Waals surface area contributed by atoms with Crippen molar-refractivity contribution in [2.75, 3.05) is 11.9 Å². The predicted molar refractivity (Wildman–Crippen MR) is 61.6 cm³/mol. The number of urea groups is 1. The number of aromatic nitrogens is 2. The van der Waals surface area contributed by atoms with Crippen molar-refractivity contribution in [3.8, 4) is 0 Å². The Morgan fingerprint density at radius 2 is 2.11 bits per heavy atom. The minimum absolute atomic E-state index is 0.135. The molecule has 2 amide bonds. The molecule has 0 bridgehead atoms. The van der Waals surface area contributed by atoms with Gasteiger partial charge in [0.25, 0.3) is 0 Å². The topological polar surface area (TPSA) is 79.2 Å². The van der Waals surface area contributed by atoms with Gasteiger partial charge in [0.15, 0.2) is 0 Å². The van der Waals surface area contributed by atoms with Gasteiger partial charge >= 0.3 is 12.2 Å². The summed E-state index contributed by atoms with van der Waals surface area (Å²) < 4.78 is 37.0. The molecule has 0 unspecified atom stereocenters. The molecule has 6 nitrogen and oxygen atoms in total. The van der Waals surface area contributed by atoms with Gasteiger partial charge in [-0.3, -0.25) is 4.68 Å². The van der Waals surface area contributed by atoms with E-state index in [1.807, 2.05) is 0 Å². The molecule has 0 aromatic carbocycles. The Kier molecular flexibility index (Phi) is 4.40. The van der Waals surface area contributed by atoms with Gasteiger partial charge in [-0.2, -0.15) is 18.3 Å². The Morgan fingerprint density at radius 1 is 1.47 bits per heavy atom. The number of hydrogen-bond donors (Lipinski definition) is 3. The number of aliphatic hydroxyl groups is 1. The highest BCUT2D eigenvalue weighted by Crippen LogP contribution is 2.18. The molecule has 108 valence electrons. The van der Waals surface area contributed by atoms with Gasteiger partial charge in [0.1, 0.15) is 6.54 Å². The van der Waals surface area contributed by atoms with Crippen LogP contribution in [-0.4, -0.2) is 39.2 Å². The Bertz CT molecular complexity index is 442. The van der Waals surface area contributed by atoms with E-state index in [1.165, 1.54) is 0 Å². The van der Waals surface area contributed by atoms with E-state index in [2.05, 4.69) is 15.7 Å². The molecule has 0 radical (unpaired) electrons. The van der Waals surface area contributed by atoms with Gasteiger partial charge < -0.3 is 15.7 Å². The summed E-state index contributed by atoms with van der Waals surface area (Å²) in [5, 5.41) is 17.2. The highest BCUT2D eigenvalue weighted by molar-refractivity contribution is 5.89. The summed E-state index contributed by atoms with van der Waals surface area (Å²) in [5.74, 6) is 0. The number of rotatable bonds is 4. The summed E-state index contributed by atoms with van der Waals surface area (Å²) >= 11 is 0. The highest BCUT2D eigenvalue weighted by atomic mass is 19.4. The van der Waals surface area contributed by atoms with Crippen molar-refractivity contribution in [1.29, 1.82) is 0 Å². The third-order valence-corrected chi connectivity index (χ3v) is 2.08. The minimum atomic E-state index is -4.37. The average Bonchev–Trinajstić information content (AvgIpc) is 2.61. The van der Waals surface area contributed by atoms with Crippen LogP contribution in [0, 0.1) is 0 Å². The lowest BCUT2D eigenvalue weighted by atomic mass is 10.1. The van der Waals surface area contributed by atoms with E-state index >= 15 is 0 Å². The van der Waals surface area contributed by atoms with Gasteiger partial charge in [0.05, 0.1) is 24.0 Å². The largest absolute Gasteiger partial charge is 0.408 e. The number of halogens is 3. The second kappa shape index (κ2) is 5.47. The van der Waals surface area contributed by atoms with E-state index in [-0.39, 0.29) is 12.3 Å². The molecule has 0 atom stereocenters. The number of nitrogens with one attached hydrogen (secondary N) is 2. The summed E-state index contributed by atoms with van der Waals surface area (Å²) in [6.07, 6.45) is -2.19. The molecule has 0 saturated carbocycles. The number of nitrogens with zero attached hydrogens (tertiary/aromatic N) is 2. The van der Waals surface area contributed by atoms with E-state index in [0.29, 0.717) is 4.68 Å². The van der Waals surface area contributed by atoms with Crippen molar-refractivity contribution >= 4 is 11.7 Å². The third-order valence-electron chi connectivity index (χ3n) is 2.08. The zero-order chi connectivity index (χ0) is 14.7. The minimum Gasteiger partial charge on any atom is -0.394 e. The maximum Gasteiger partial charge on any atom is 0.408 e. The summed E-state index contributed by atoms with van der Waals surface area (Å²) in [4.78, 5) is 11.5. The monoisotopic (exact) mass is 280 g/mol. The second-order valence-corrected chi connectivity index (χ2v) is 4.66. The van der Waals surface area contributed by atoms with Crippen LogP contribution in [0.2, 0.25) is 0 Å². The predicted octanol–water partition coefficient (Wildman–Crippen LogP) is 1.34. The summed E-state index contributed by atoms with van der Waals surface area (Å²) in [6, 6.07) is -0.634. The maximum absolute atomic E-state index is 12.1. The van der Waals surface area contributed by atoms with Crippen LogP contribution in [-0.2, 0) is 6.54 Å². The third kappa shape index (κ3) is 5.60. The van der Waals surface area contributed by atoms with Gasteiger partial charge in [-0.15, -0.1) is 0 Å². The normalized spacial score (nSPS) is 12.3. The molecule has 1 aromatic heterocycles. The Morgan fingerprint density at radius 3 is 2.63 bits per heavy atom. The summed E-state index contributed by atoms with van der Waals surface area (Å²) in [7, 11) is 0. The van der Waals surface area contributed by atoms with E-state index < -0.39 is 24.3 Å². The fourth-order valence-electron chi connectivity index (χ4n) is 1.21. The molecule has 1 heterocycles. The number of alkyl halides is 3. The zero-order valence-electron chi connectivity index (χ0n) is 10.5. The highest BCUT2D eigenvalue weighted by Gasteiger charge is 2.28. The molecule has 0 spiro atoms. The average molecular weight is 280 g/mol. The van der Waals surface area contributed by atoms with E-state index in [1.54, 1.807) is 13.8 Å². The number of anilines is 1. The zero-order valence-corrected chi connectivity index (χ0v) is 10.5. The fraction of sp³-hybridized carbons (Fsp3) is 0.600. The summed E-state index contributed by atoms with van der Waals surface area (Å²) in [6.45, 7) is 1.70. The molecule has 9 heteroatoms. The lowest BCUT2D eigenvalue weighted by molar-refractivity contribution is -0.142. The Balaban J connectivity index is 2.57. The van der Waals surface area contributed by atoms with Gasteiger partial charge in [0.2, 0.25) is 0 Å². The van der Waals surface area contributed by atoms with Gasteiger partial charge in [-0.1, -0.05) is 0 Å². The fourth-order valence-corrected chi connectivity index (χ4v) is 1.21. The molecule has 1 aromatic rings. The van der Waals surface area contributed by atoms with Crippen molar-refractivity contribution in [3.05, 3.63) is 12.4 Å². The SMILES string of the molecule is CC(C)(CO)NC(=O)Nc1cnn(CC(F)(F)F)c1. The van der Waals surface area contributed by atoms with Crippen LogP contribution in [0.1, 0.15) is 13.8 Å². The van der Waals surface area contributed by atoms with Crippen LogP contribution in [0.25, 0.3) is 0 Å². The van der Waals surface area contributed by atoms with Gasteiger partial charge in [0, 0.05) is 6.20 Å². The van der Waals surface area contributed by atoms with Crippen molar-refractivity contribution < 1.29 is 23.1 Å². The molecule has 0 aliphatic rings. The summed E-state index contributed by atoms with van der Waals surface area (Å²) in [5.41, 5.74) is -0.693. The molecule has 0 fully saturated rings. The first-order chi connectivity index (χ1) is 8.61. The lowest BCUT2D eigenvalue weighted by Gasteiger charge is -2.23. The molecular formula is C10H15F3N4O2. The smallest absolute Gasteiger partial charge is 0.394 e. The van der Waals surface area contributed by atoms with E-state index in [9.17, 15) is 18.0 Å². The molecule has 1 rings (SSSR count). The second-order valence-electron chi connectivity index (χ2n) is 4.66. The quantitative estimate of drug-likeness (QED) is 0.778. The van der Waals surface area contributed by atoms with Crippen LogP contribution in [0.15, 0.2) is 12.4 Å². The number of carbonyl (C=O) groups is 1. The Labute approximate surface area is 107 Å². The molecule has 0 aliphatic carbocycles. The standard InChI is InChI=1S/C10H15F3N4O2/c1-9(2,6-18)16-8(19)15-7-3-14-17(4-7)5-10(11,12)13/h3-4,18H,5-6H2,1-2H3,(H2,15,16,19). The van der Waals surface area contributed by atoms with Crippen LogP contribution < -0.4 is 10.6 Å². The van der Waals surface area contributed by atoms with Crippen LogP contribution >= 0.6 is 0 Å². The number of amides is 2.